The minimum absolute atomic E-state index is 0.0207. The molecule has 1 fully saturated rings. The molecule has 0 spiro atoms. The van der Waals surface area contributed by atoms with E-state index in [2.05, 4.69) is 5.32 Å². The smallest absolute Gasteiger partial charge is 0.225 e. The molecule has 1 aliphatic carbocycles. The van der Waals surface area contributed by atoms with Gasteiger partial charge in [-0.3, -0.25) is 9.59 Å². The molecular formula is C16H21N3O2. The van der Waals surface area contributed by atoms with E-state index < -0.39 is 0 Å². The molecule has 1 atom stereocenters. The maximum Gasteiger partial charge on any atom is 0.225 e. The number of hydrogen-bond acceptors (Lipinski definition) is 3. The summed E-state index contributed by atoms with van der Waals surface area (Å²) in [6.07, 6.45) is 3.50. The molecule has 1 saturated carbocycles. The van der Waals surface area contributed by atoms with Crippen LogP contribution >= 0.6 is 0 Å². The van der Waals surface area contributed by atoms with Crippen LogP contribution in [0.1, 0.15) is 31.7 Å². The average Bonchev–Trinajstić information content (AvgIpc) is 3.18. The molecule has 1 heterocycles. The summed E-state index contributed by atoms with van der Waals surface area (Å²) in [5.41, 5.74) is 8.81. The van der Waals surface area contributed by atoms with Crippen LogP contribution in [-0.4, -0.2) is 24.4 Å². The van der Waals surface area contributed by atoms with Gasteiger partial charge in [0.25, 0.3) is 0 Å². The highest BCUT2D eigenvalue weighted by molar-refractivity contribution is 5.95. The Hall–Kier alpha value is -1.88. The van der Waals surface area contributed by atoms with Crippen LogP contribution in [0.15, 0.2) is 18.2 Å². The largest absolute Gasteiger partial charge is 0.327 e. The van der Waals surface area contributed by atoms with Gasteiger partial charge in [-0.2, -0.15) is 0 Å². The normalized spacial score (nSPS) is 18.3. The van der Waals surface area contributed by atoms with Crippen molar-refractivity contribution < 1.29 is 9.59 Å². The van der Waals surface area contributed by atoms with Crippen LogP contribution in [0.3, 0.4) is 0 Å². The second-order valence-corrected chi connectivity index (χ2v) is 6.02. The van der Waals surface area contributed by atoms with Crippen LogP contribution in [0.25, 0.3) is 0 Å². The summed E-state index contributed by atoms with van der Waals surface area (Å²) < 4.78 is 0. The molecule has 1 aromatic rings. The molecular weight excluding hydrogens is 266 g/mol. The first-order valence-corrected chi connectivity index (χ1v) is 7.51. The molecule has 1 aromatic carbocycles. The lowest BCUT2D eigenvalue weighted by molar-refractivity contribution is -0.117. The van der Waals surface area contributed by atoms with Crippen molar-refractivity contribution in [2.45, 2.75) is 38.6 Å². The van der Waals surface area contributed by atoms with Gasteiger partial charge in [0.15, 0.2) is 0 Å². The molecule has 0 radical (unpaired) electrons. The van der Waals surface area contributed by atoms with Crippen molar-refractivity contribution in [2.75, 3.05) is 16.8 Å². The van der Waals surface area contributed by atoms with E-state index in [4.69, 9.17) is 5.73 Å². The van der Waals surface area contributed by atoms with Crippen LogP contribution in [0.2, 0.25) is 0 Å². The molecule has 0 aromatic heterocycles. The maximum absolute atomic E-state index is 12.0. The van der Waals surface area contributed by atoms with Crippen molar-refractivity contribution in [3.05, 3.63) is 23.8 Å². The molecule has 3 rings (SSSR count). The molecule has 1 unspecified atom stereocenters. The molecule has 2 aliphatic rings. The molecule has 112 valence electrons. The van der Waals surface area contributed by atoms with Crippen LogP contribution < -0.4 is 16.0 Å². The number of anilines is 2. The molecule has 5 heteroatoms. The van der Waals surface area contributed by atoms with Gasteiger partial charge in [-0.15, -0.1) is 0 Å². The molecule has 1 aliphatic heterocycles. The van der Waals surface area contributed by atoms with E-state index in [0.29, 0.717) is 18.9 Å². The third-order valence-electron chi connectivity index (χ3n) is 4.29. The van der Waals surface area contributed by atoms with Crippen molar-refractivity contribution in [1.82, 2.24) is 0 Å². The number of nitrogens with two attached hydrogens (primary N) is 1. The average molecular weight is 287 g/mol. The lowest BCUT2D eigenvalue weighted by Crippen LogP contribution is -2.28. The second kappa shape index (κ2) is 5.48. The summed E-state index contributed by atoms with van der Waals surface area (Å²) in [6.45, 7) is 2.29. The number of hydrogen-bond donors (Lipinski definition) is 2. The number of carbonyl (C=O) groups is 2. The number of fused-ring (bicyclic) bond motifs is 1. The third-order valence-corrected chi connectivity index (χ3v) is 4.29. The van der Waals surface area contributed by atoms with Gasteiger partial charge in [0.2, 0.25) is 11.8 Å². The topological polar surface area (TPSA) is 75.4 Å². The van der Waals surface area contributed by atoms with E-state index in [1.165, 1.54) is 0 Å². The highest BCUT2D eigenvalue weighted by Gasteiger charge is 2.30. The number of carbonyl (C=O) groups excluding carboxylic acids is 2. The number of nitrogens with zero attached hydrogens (tertiary/aromatic N) is 1. The summed E-state index contributed by atoms with van der Waals surface area (Å²) in [5.74, 6) is 0.552. The molecule has 3 N–H and O–H groups in total. The van der Waals surface area contributed by atoms with Gasteiger partial charge in [-0.05, 0) is 48.9 Å². The molecule has 5 nitrogen and oxygen atoms in total. The first kappa shape index (κ1) is 14.1. The van der Waals surface area contributed by atoms with Gasteiger partial charge in [0.1, 0.15) is 0 Å². The van der Waals surface area contributed by atoms with E-state index in [9.17, 15) is 9.59 Å². The van der Waals surface area contributed by atoms with Crippen LogP contribution in [-0.2, 0) is 16.0 Å². The van der Waals surface area contributed by atoms with Crippen molar-refractivity contribution in [3.63, 3.8) is 0 Å². The van der Waals surface area contributed by atoms with Gasteiger partial charge in [-0.25, -0.2) is 0 Å². The lowest BCUT2D eigenvalue weighted by Gasteiger charge is -2.15. The lowest BCUT2D eigenvalue weighted by atomic mass is 10.1. The summed E-state index contributed by atoms with van der Waals surface area (Å²) in [6, 6.07) is 5.69. The summed E-state index contributed by atoms with van der Waals surface area (Å²) in [5, 5.41) is 2.91. The third kappa shape index (κ3) is 3.08. The number of benzene rings is 1. The Morgan fingerprint density at radius 1 is 1.43 bits per heavy atom. The van der Waals surface area contributed by atoms with Crippen LogP contribution in [0.5, 0.6) is 0 Å². The molecule has 21 heavy (non-hydrogen) atoms. The van der Waals surface area contributed by atoms with Crippen molar-refractivity contribution >= 4 is 23.2 Å². The fourth-order valence-corrected chi connectivity index (χ4v) is 2.92. The highest BCUT2D eigenvalue weighted by Crippen LogP contribution is 2.33. The van der Waals surface area contributed by atoms with Crippen molar-refractivity contribution in [3.8, 4) is 0 Å². The van der Waals surface area contributed by atoms with Crippen molar-refractivity contribution in [1.29, 1.82) is 0 Å². The first-order chi connectivity index (χ1) is 10.0. The van der Waals surface area contributed by atoms with Gasteiger partial charge >= 0.3 is 0 Å². The summed E-state index contributed by atoms with van der Waals surface area (Å²) in [4.78, 5) is 25.2. The summed E-state index contributed by atoms with van der Waals surface area (Å²) in [7, 11) is 0. The van der Waals surface area contributed by atoms with E-state index in [0.717, 1.165) is 36.2 Å². The van der Waals surface area contributed by atoms with E-state index >= 15 is 0 Å². The second-order valence-electron chi connectivity index (χ2n) is 6.02. The highest BCUT2D eigenvalue weighted by atomic mass is 16.2. The van der Waals surface area contributed by atoms with Gasteiger partial charge in [0.05, 0.1) is 0 Å². The Kier molecular flexibility index (Phi) is 3.68. The molecule has 0 saturated heterocycles. The first-order valence-electron chi connectivity index (χ1n) is 7.51. The predicted octanol–water partition coefficient (Wildman–Crippen LogP) is 1.66. The number of nitrogens with one attached hydrogen (secondary N) is 1. The zero-order chi connectivity index (χ0) is 15.0. The van der Waals surface area contributed by atoms with E-state index in [-0.39, 0.29) is 17.9 Å². The Bertz CT molecular complexity index is 581. The standard InChI is InChI=1S/C16H21N3O2/c1-10(20)19-7-6-12-8-13(4-5-15(12)19)18-16(21)9-14(17)11-2-3-11/h4-5,8,11,14H,2-3,6-7,9,17H2,1H3,(H,18,21). The Morgan fingerprint density at radius 3 is 2.86 bits per heavy atom. The minimum atomic E-state index is -0.0317. The molecule has 0 bridgehead atoms. The van der Waals surface area contributed by atoms with Crippen LogP contribution in [0.4, 0.5) is 11.4 Å². The fraction of sp³-hybridized carbons (Fsp3) is 0.500. The Balaban J connectivity index is 1.64. The zero-order valence-electron chi connectivity index (χ0n) is 12.3. The van der Waals surface area contributed by atoms with E-state index in [1.54, 1.807) is 11.8 Å². The number of rotatable bonds is 4. The van der Waals surface area contributed by atoms with Gasteiger partial charge in [-0.1, -0.05) is 0 Å². The summed E-state index contributed by atoms with van der Waals surface area (Å²) >= 11 is 0. The predicted molar refractivity (Wildman–Crippen MR) is 82.1 cm³/mol. The quantitative estimate of drug-likeness (QED) is 0.884. The minimum Gasteiger partial charge on any atom is -0.327 e. The maximum atomic E-state index is 12.0. The Labute approximate surface area is 124 Å². The fourth-order valence-electron chi connectivity index (χ4n) is 2.92. The Morgan fingerprint density at radius 2 is 2.19 bits per heavy atom. The van der Waals surface area contributed by atoms with Gasteiger partial charge in [0, 0.05) is 37.3 Å². The van der Waals surface area contributed by atoms with E-state index in [1.807, 2.05) is 18.2 Å². The van der Waals surface area contributed by atoms with Gasteiger partial charge < -0.3 is 16.0 Å². The SMILES string of the molecule is CC(=O)N1CCc2cc(NC(=O)CC(N)C3CC3)ccc21. The zero-order valence-corrected chi connectivity index (χ0v) is 12.3. The monoisotopic (exact) mass is 287 g/mol. The van der Waals surface area contributed by atoms with Crippen molar-refractivity contribution in [2.24, 2.45) is 11.7 Å². The molecule has 2 amide bonds. The van der Waals surface area contributed by atoms with Crippen LogP contribution in [0, 0.1) is 5.92 Å². The number of amides is 2.